The maximum atomic E-state index is 4.22. The van der Waals surface area contributed by atoms with E-state index in [0.29, 0.717) is 12.0 Å². The van der Waals surface area contributed by atoms with Gasteiger partial charge in [-0.3, -0.25) is 0 Å². The molecule has 1 aliphatic rings. The van der Waals surface area contributed by atoms with Crippen LogP contribution in [0.1, 0.15) is 47.0 Å². The fraction of sp³-hybridized carbons (Fsp3) is 0.765. The predicted octanol–water partition coefficient (Wildman–Crippen LogP) is 3.91. The molecule has 1 saturated heterocycles. The first-order valence-corrected chi connectivity index (χ1v) is 7.68. The van der Waals surface area contributed by atoms with Crippen molar-refractivity contribution in [1.82, 2.24) is 9.80 Å². The highest BCUT2D eigenvalue weighted by molar-refractivity contribution is 5.31. The van der Waals surface area contributed by atoms with Gasteiger partial charge in [-0.05, 0) is 57.8 Å². The smallest absolute Gasteiger partial charge is 0.0308 e. The summed E-state index contributed by atoms with van der Waals surface area (Å²) in [5, 5.41) is 0. The molecule has 0 N–H and O–H groups in total. The van der Waals surface area contributed by atoms with E-state index in [0.717, 1.165) is 6.42 Å². The number of hydrogen-bond donors (Lipinski definition) is 0. The molecule has 1 heterocycles. The van der Waals surface area contributed by atoms with Crippen LogP contribution in [0, 0.1) is 5.92 Å². The molecular weight excluding hydrogens is 232 g/mol. The summed E-state index contributed by atoms with van der Waals surface area (Å²) in [4.78, 5) is 4.97. The molecule has 0 aromatic rings. The van der Waals surface area contributed by atoms with E-state index in [1.807, 2.05) is 0 Å². The van der Waals surface area contributed by atoms with Crippen molar-refractivity contribution in [3.8, 4) is 0 Å². The van der Waals surface area contributed by atoms with E-state index in [1.54, 1.807) is 0 Å². The molecule has 2 heteroatoms. The zero-order valence-corrected chi connectivity index (χ0v) is 13.8. The highest BCUT2D eigenvalue weighted by Crippen LogP contribution is 2.28. The van der Waals surface area contributed by atoms with Crippen LogP contribution in [-0.4, -0.2) is 43.0 Å². The van der Waals surface area contributed by atoms with E-state index in [1.165, 1.54) is 42.8 Å². The van der Waals surface area contributed by atoms with Gasteiger partial charge in [0.2, 0.25) is 0 Å². The van der Waals surface area contributed by atoms with E-state index in [4.69, 9.17) is 0 Å². The van der Waals surface area contributed by atoms with Crippen LogP contribution in [0.3, 0.4) is 0 Å². The SMILES string of the molecule is C=C(CC)/C(C)=C(/C(C)C)N(C)C1CCN(C)CC1. The third kappa shape index (κ3) is 4.10. The molecule has 0 aromatic carbocycles. The summed E-state index contributed by atoms with van der Waals surface area (Å²) in [6.45, 7) is 15.7. The summed E-state index contributed by atoms with van der Waals surface area (Å²) < 4.78 is 0. The van der Waals surface area contributed by atoms with Gasteiger partial charge < -0.3 is 9.80 Å². The number of allylic oxidation sites excluding steroid dienone is 3. The van der Waals surface area contributed by atoms with E-state index < -0.39 is 0 Å². The molecule has 0 aromatic heterocycles. The Morgan fingerprint density at radius 3 is 2.26 bits per heavy atom. The van der Waals surface area contributed by atoms with E-state index in [-0.39, 0.29) is 0 Å². The van der Waals surface area contributed by atoms with E-state index >= 15 is 0 Å². The fourth-order valence-electron chi connectivity index (χ4n) is 3.13. The van der Waals surface area contributed by atoms with Crippen molar-refractivity contribution in [3.63, 3.8) is 0 Å². The second-order valence-corrected chi connectivity index (χ2v) is 6.27. The zero-order chi connectivity index (χ0) is 14.6. The number of piperidine rings is 1. The Morgan fingerprint density at radius 1 is 1.32 bits per heavy atom. The van der Waals surface area contributed by atoms with Crippen LogP contribution in [0.5, 0.6) is 0 Å². The first kappa shape index (κ1) is 16.3. The first-order chi connectivity index (χ1) is 8.88. The quantitative estimate of drug-likeness (QED) is 0.695. The van der Waals surface area contributed by atoms with Crippen molar-refractivity contribution < 1.29 is 0 Å². The lowest BCUT2D eigenvalue weighted by Gasteiger charge is -2.40. The number of likely N-dealkylation sites (tertiary alicyclic amines) is 1. The summed E-state index contributed by atoms with van der Waals surface area (Å²) in [6.07, 6.45) is 3.59. The van der Waals surface area contributed by atoms with Gasteiger partial charge in [0.15, 0.2) is 0 Å². The third-order valence-corrected chi connectivity index (χ3v) is 4.50. The van der Waals surface area contributed by atoms with Crippen molar-refractivity contribution in [3.05, 3.63) is 23.4 Å². The van der Waals surface area contributed by atoms with Crippen LogP contribution in [0.2, 0.25) is 0 Å². The molecular formula is C17H32N2. The van der Waals surface area contributed by atoms with Crippen LogP contribution in [0.4, 0.5) is 0 Å². The Kier molecular flexibility index (Phi) is 6.12. The minimum absolute atomic E-state index is 0.563. The Morgan fingerprint density at radius 2 is 1.84 bits per heavy atom. The van der Waals surface area contributed by atoms with Gasteiger partial charge in [-0.2, -0.15) is 0 Å². The molecule has 1 aliphatic heterocycles. The average Bonchev–Trinajstić information content (AvgIpc) is 2.38. The second-order valence-electron chi connectivity index (χ2n) is 6.27. The Balaban J connectivity index is 2.90. The molecule has 0 saturated carbocycles. The van der Waals surface area contributed by atoms with Gasteiger partial charge >= 0.3 is 0 Å². The highest BCUT2D eigenvalue weighted by Gasteiger charge is 2.24. The molecule has 1 rings (SSSR count). The molecule has 0 spiro atoms. The molecule has 0 amide bonds. The van der Waals surface area contributed by atoms with Crippen LogP contribution in [0.25, 0.3) is 0 Å². The largest absolute Gasteiger partial charge is 0.374 e. The molecule has 1 fully saturated rings. The molecule has 19 heavy (non-hydrogen) atoms. The van der Waals surface area contributed by atoms with Crippen LogP contribution in [0.15, 0.2) is 23.4 Å². The lowest BCUT2D eigenvalue weighted by Crippen LogP contribution is -2.42. The van der Waals surface area contributed by atoms with Gasteiger partial charge in [-0.1, -0.05) is 32.9 Å². The standard InChI is InChI=1S/C17H32N2/c1-8-14(4)15(5)17(13(2)3)19(7)16-9-11-18(6)12-10-16/h13,16H,4,8-12H2,1-3,5-7H3/b17-15-. The minimum atomic E-state index is 0.563. The third-order valence-electron chi connectivity index (χ3n) is 4.50. The maximum Gasteiger partial charge on any atom is 0.0308 e. The van der Waals surface area contributed by atoms with Crippen LogP contribution >= 0.6 is 0 Å². The highest BCUT2D eigenvalue weighted by atomic mass is 15.2. The van der Waals surface area contributed by atoms with Gasteiger partial charge in [0.05, 0.1) is 0 Å². The summed E-state index contributed by atoms with van der Waals surface area (Å²) >= 11 is 0. The van der Waals surface area contributed by atoms with Gasteiger partial charge in [0.1, 0.15) is 0 Å². The maximum absolute atomic E-state index is 4.22. The topological polar surface area (TPSA) is 6.48 Å². The number of rotatable bonds is 5. The van der Waals surface area contributed by atoms with Crippen molar-refractivity contribution >= 4 is 0 Å². The molecule has 2 nitrogen and oxygen atoms in total. The number of nitrogens with zero attached hydrogens (tertiary/aromatic N) is 2. The van der Waals surface area contributed by atoms with E-state index in [2.05, 4.69) is 58.2 Å². The average molecular weight is 264 g/mol. The van der Waals surface area contributed by atoms with E-state index in [9.17, 15) is 0 Å². The lowest BCUT2D eigenvalue weighted by molar-refractivity contribution is 0.161. The zero-order valence-electron chi connectivity index (χ0n) is 13.8. The first-order valence-electron chi connectivity index (χ1n) is 7.68. The van der Waals surface area contributed by atoms with Crippen molar-refractivity contribution in [2.75, 3.05) is 27.2 Å². The molecule has 0 atom stereocenters. The Labute approximate surface area is 120 Å². The fourth-order valence-corrected chi connectivity index (χ4v) is 3.13. The molecule has 0 radical (unpaired) electrons. The minimum Gasteiger partial charge on any atom is -0.374 e. The summed E-state index contributed by atoms with van der Waals surface area (Å²) in [5.74, 6) is 0.563. The Hall–Kier alpha value is -0.760. The summed E-state index contributed by atoms with van der Waals surface area (Å²) in [7, 11) is 4.50. The second kappa shape index (κ2) is 7.14. The lowest BCUT2D eigenvalue weighted by atomic mass is 9.94. The van der Waals surface area contributed by atoms with Crippen molar-refractivity contribution in [2.24, 2.45) is 5.92 Å². The predicted molar refractivity (Wildman–Crippen MR) is 85.3 cm³/mol. The summed E-state index contributed by atoms with van der Waals surface area (Å²) in [6, 6.07) is 0.688. The molecule has 0 aliphatic carbocycles. The van der Waals surface area contributed by atoms with Crippen molar-refractivity contribution in [1.29, 1.82) is 0 Å². The van der Waals surface area contributed by atoms with Gasteiger partial charge in [0.25, 0.3) is 0 Å². The van der Waals surface area contributed by atoms with Crippen molar-refractivity contribution in [2.45, 2.75) is 53.0 Å². The van der Waals surface area contributed by atoms with Crippen LogP contribution < -0.4 is 0 Å². The van der Waals surface area contributed by atoms with Gasteiger partial charge in [0, 0.05) is 18.8 Å². The molecule has 0 bridgehead atoms. The number of hydrogen-bond acceptors (Lipinski definition) is 2. The summed E-state index contributed by atoms with van der Waals surface area (Å²) in [5.41, 5.74) is 4.17. The van der Waals surface area contributed by atoms with Crippen LogP contribution in [-0.2, 0) is 0 Å². The normalized spacial score (nSPS) is 19.5. The molecule has 0 unspecified atom stereocenters. The molecule has 110 valence electrons. The Bertz CT molecular complexity index is 333. The monoisotopic (exact) mass is 264 g/mol. The van der Waals surface area contributed by atoms with Gasteiger partial charge in [-0.15, -0.1) is 0 Å². The van der Waals surface area contributed by atoms with Gasteiger partial charge in [-0.25, -0.2) is 0 Å².